The summed E-state index contributed by atoms with van der Waals surface area (Å²) >= 11 is 0. The second kappa shape index (κ2) is 8.80. The normalized spacial score (nSPS) is 11.3. The van der Waals surface area contributed by atoms with Gasteiger partial charge in [0, 0.05) is 35.7 Å². The molecule has 4 aromatic rings. The Bertz CT molecular complexity index is 1360. The van der Waals surface area contributed by atoms with E-state index in [9.17, 15) is 13.2 Å². The van der Waals surface area contributed by atoms with E-state index in [0.29, 0.717) is 11.1 Å². The summed E-state index contributed by atoms with van der Waals surface area (Å²) in [6.07, 6.45) is 3.03. The summed E-state index contributed by atoms with van der Waals surface area (Å²) in [5.41, 5.74) is 4.53. The molecule has 0 atom stereocenters. The molecule has 0 unspecified atom stereocenters. The topological polar surface area (TPSA) is 81.1 Å². The first-order valence-electron chi connectivity index (χ1n) is 10.1. The third-order valence-electron chi connectivity index (χ3n) is 5.18. The molecule has 0 aliphatic carbocycles. The minimum Gasteiger partial charge on any atom is -0.348 e. The summed E-state index contributed by atoms with van der Waals surface area (Å²) in [5, 5.41) is 7.67. The maximum Gasteiger partial charge on any atom is 0.251 e. The first-order valence-corrected chi connectivity index (χ1v) is 12.0. The van der Waals surface area contributed by atoms with E-state index in [-0.39, 0.29) is 17.3 Å². The lowest BCUT2D eigenvalue weighted by molar-refractivity contribution is 0.0950. The molecule has 6 nitrogen and oxygen atoms in total. The van der Waals surface area contributed by atoms with Gasteiger partial charge in [-0.2, -0.15) is 5.10 Å². The molecule has 1 N–H and O–H groups in total. The molecule has 1 heterocycles. The minimum atomic E-state index is -3.41. The number of carbonyl (C=O) groups is 1. The van der Waals surface area contributed by atoms with Crippen molar-refractivity contribution >= 4 is 15.7 Å². The highest BCUT2D eigenvalue weighted by molar-refractivity contribution is 7.90. The van der Waals surface area contributed by atoms with Gasteiger partial charge in [-0.3, -0.25) is 4.79 Å². The van der Waals surface area contributed by atoms with Gasteiger partial charge in [-0.1, -0.05) is 54.6 Å². The van der Waals surface area contributed by atoms with Crippen LogP contribution in [0.2, 0.25) is 0 Å². The molecule has 0 aliphatic heterocycles. The highest BCUT2D eigenvalue weighted by atomic mass is 32.2. The second-order valence-electron chi connectivity index (χ2n) is 7.58. The Morgan fingerprint density at radius 3 is 2.28 bits per heavy atom. The van der Waals surface area contributed by atoms with E-state index >= 15 is 0 Å². The van der Waals surface area contributed by atoms with Crippen molar-refractivity contribution in [3.8, 4) is 16.9 Å². The molecule has 32 heavy (non-hydrogen) atoms. The lowest BCUT2D eigenvalue weighted by atomic mass is 10.1. The molecule has 0 radical (unpaired) electrons. The molecular weight excluding hydrogens is 422 g/mol. The van der Waals surface area contributed by atoms with E-state index in [1.165, 1.54) is 12.1 Å². The number of rotatable bonds is 6. The predicted octanol–water partition coefficient (Wildman–Crippen LogP) is 4.18. The SMILES string of the molecule is Cc1ccc(S(C)(=O)=O)cc1C(=O)NCc1cn(-c2ccccc2)nc1-c1ccccc1. The van der Waals surface area contributed by atoms with Gasteiger partial charge >= 0.3 is 0 Å². The van der Waals surface area contributed by atoms with E-state index in [1.807, 2.05) is 66.9 Å². The van der Waals surface area contributed by atoms with Gasteiger partial charge < -0.3 is 5.32 Å². The van der Waals surface area contributed by atoms with Crippen LogP contribution in [0.5, 0.6) is 0 Å². The molecule has 0 fully saturated rings. The van der Waals surface area contributed by atoms with Crippen LogP contribution in [0, 0.1) is 6.92 Å². The number of aromatic nitrogens is 2. The molecule has 0 spiro atoms. The highest BCUT2D eigenvalue weighted by Gasteiger charge is 2.17. The molecule has 0 bridgehead atoms. The lowest BCUT2D eigenvalue weighted by Crippen LogP contribution is -2.24. The number of sulfone groups is 1. The fourth-order valence-electron chi connectivity index (χ4n) is 3.44. The summed E-state index contributed by atoms with van der Waals surface area (Å²) in [6.45, 7) is 2.03. The van der Waals surface area contributed by atoms with Gasteiger partial charge in [0.05, 0.1) is 16.3 Å². The summed E-state index contributed by atoms with van der Waals surface area (Å²) in [7, 11) is -3.41. The van der Waals surface area contributed by atoms with E-state index in [4.69, 9.17) is 5.10 Å². The highest BCUT2D eigenvalue weighted by Crippen LogP contribution is 2.24. The molecule has 162 valence electrons. The maximum atomic E-state index is 12.9. The van der Waals surface area contributed by atoms with E-state index in [2.05, 4.69) is 5.32 Å². The monoisotopic (exact) mass is 445 g/mol. The van der Waals surface area contributed by atoms with Gasteiger partial charge in [0.1, 0.15) is 0 Å². The maximum absolute atomic E-state index is 12.9. The molecule has 3 aromatic carbocycles. The van der Waals surface area contributed by atoms with Crippen molar-refractivity contribution in [1.82, 2.24) is 15.1 Å². The summed E-state index contributed by atoms with van der Waals surface area (Å²) < 4.78 is 25.6. The molecular formula is C25H23N3O3S. The van der Waals surface area contributed by atoms with E-state index < -0.39 is 9.84 Å². The quantitative estimate of drug-likeness (QED) is 0.483. The number of nitrogens with zero attached hydrogens (tertiary/aromatic N) is 2. The zero-order valence-electron chi connectivity index (χ0n) is 17.8. The first kappa shape index (κ1) is 21.5. The van der Waals surface area contributed by atoms with E-state index in [1.54, 1.807) is 17.7 Å². The summed E-state index contributed by atoms with van der Waals surface area (Å²) in [4.78, 5) is 13.0. The second-order valence-corrected chi connectivity index (χ2v) is 9.60. The Labute approximate surface area is 187 Å². The zero-order chi connectivity index (χ0) is 22.7. The molecule has 4 rings (SSSR count). The van der Waals surface area contributed by atoms with Crippen LogP contribution in [0.3, 0.4) is 0 Å². The molecule has 0 saturated carbocycles. The zero-order valence-corrected chi connectivity index (χ0v) is 18.6. The molecule has 7 heteroatoms. The number of hydrogen-bond acceptors (Lipinski definition) is 4. The van der Waals surface area contributed by atoms with Crippen LogP contribution in [-0.4, -0.2) is 30.4 Å². The Morgan fingerprint density at radius 1 is 0.969 bits per heavy atom. The number of benzene rings is 3. The van der Waals surface area contributed by atoms with Crippen molar-refractivity contribution < 1.29 is 13.2 Å². The summed E-state index contributed by atoms with van der Waals surface area (Å²) in [5.74, 6) is -0.334. The van der Waals surface area contributed by atoms with Crippen LogP contribution < -0.4 is 5.32 Å². The van der Waals surface area contributed by atoms with Gasteiger partial charge in [0.15, 0.2) is 9.84 Å². The minimum absolute atomic E-state index is 0.120. The number of nitrogens with one attached hydrogen (secondary N) is 1. The average Bonchev–Trinajstić information content (AvgIpc) is 3.22. The van der Waals surface area contributed by atoms with Crippen LogP contribution in [0.25, 0.3) is 16.9 Å². The van der Waals surface area contributed by atoms with Crippen molar-refractivity contribution in [1.29, 1.82) is 0 Å². The van der Waals surface area contributed by atoms with Gasteiger partial charge in [-0.05, 0) is 36.8 Å². The smallest absolute Gasteiger partial charge is 0.251 e. The summed E-state index contributed by atoms with van der Waals surface area (Å²) in [6, 6.07) is 24.1. The van der Waals surface area contributed by atoms with Crippen LogP contribution in [-0.2, 0) is 16.4 Å². The Balaban J connectivity index is 1.65. The first-order chi connectivity index (χ1) is 15.3. The fraction of sp³-hybridized carbons (Fsp3) is 0.120. The average molecular weight is 446 g/mol. The van der Waals surface area contributed by atoms with Crippen molar-refractivity contribution in [2.75, 3.05) is 6.26 Å². The van der Waals surface area contributed by atoms with Gasteiger partial charge in [0.2, 0.25) is 0 Å². The van der Waals surface area contributed by atoms with Crippen LogP contribution in [0.1, 0.15) is 21.5 Å². The predicted molar refractivity (Wildman–Crippen MR) is 124 cm³/mol. The van der Waals surface area contributed by atoms with Crippen LogP contribution >= 0.6 is 0 Å². The van der Waals surface area contributed by atoms with Crippen molar-refractivity contribution in [3.63, 3.8) is 0 Å². The van der Waals surface area contributed by atoms with Crippen molar-refractivity contribution in [2.24, 2.45) is 0 Å². The molecule has 1 aromatic heterocycles. The Hall–Kier alpha value is -3.71. The largest absolute Gasteiger partial charge is 0.348 e. The van der Waals surface area contributed by atoms with Gasteiger partial charge in [0.25, 0.3) is 5.91 Å². The molecule has 0 saturated heterocycles. The number of aryl methyl sites for hydroxylation is 1. The standard InChI is InChI=1S/C25H23N3O3S/c1-18-13-14-22(32(2,30)31)15-23(18)25(29)26-16-20-17-28(21-11-7-4-8-12-21)27-24(20)19-9-5-3-6-10-19/h3-15,17H,16H2,1-2H3,(H,26,29). The van der Waals surface area contributed by atoms with Crippen molar-refractivity contribution in [2.45, 2.75) is 18.4 Å². The number of amides is 1. The third kappa shape index (κ3) is 4.63. The van der Waals surface area contributed by atoms with Gasteiger partial charge in [-0.25, -0.2) is 13.1 Å². The van der Waals surface area contributed by atoms with Crippen LogP contribution in [0.4, 0.5) is 0 Å². The Morgan fingerprint density at radius 2 is 1.62 bits per heavy atom. The Kier molecular flexibility index (Phi) is 5.92. The number of para-hydroxylation sites is 1. The van der Waals surface area contributed by atoms with Crippen LogP contribution in [0.15, 0.2) is 90.0 Å². The molecule has 1 amide bonds. The third-order valence-corrected chi connectivity index (χ3v) is 6.29. The van der Waals surface area contributed by atoms with E-state index in [0.717, 1.165) is 28.8 Å². The lowest BCUT2D eigenvalue weighted by Gasteiger charge is -2.09. The van der Waals surface area contributed by atoms with Gasteiger partial charge in [-0.15, -0.1) is 0 Å². The number of carbonyl (C=O) groups excluding carboxylic acids is 1. The fourth-order valence-corrected chi connectivity index (χ4v) is 4.09. The molecule has 0 aliphatic rings. The van der Waals surface area contributed by atoms with Crippen molar-refractivity contribution in [3.05, 3.63) is 102 Å². The number of hydrogen-bond donors (Lipinski definition) is 1.